The molecule has 0 radical (unpaired) electrons. The first-order chi connectivity index (χ1) is 9.11. The normalized spacial score (nSPS) is 10.5. The Hall–Kier alpha value is -1.87. The molecule has 0 amide bonds. The predicted octanol–water partition coefficient (Wildman–Crippen LogP) is 3.51. The van der Waals surface area contributed by atoms with Gasteiger partial charge < -0.3 is 9.84 Å². The third-order valence-electron chi connectivity index (χ3n) is 3.10. The van der Waals surface area contributed by atoms with Crippen LogP contribution in [0.1, 0.15) is 22.3 Å². The average Bonchev–Trinajstić information content (AvgIpc) is 2.40. The van der Waals surface area contributed by atoms with E-state index in [1.54, 1.807) is 12.1 Å². The number of para-hydroxylation sites is 1. The number of rotatable bonds is 4. The van der Waals surface area contributed by atoms with E-state index in [0.717, 1.165) is 16.7 Å². The Bertz CT molecular complexity index is 579. The van der Waals surface area contributed by atoms with Gasteiger partial charge >= 0.3 is 0 Å². The van der Waals surface area contributed by atoms with Gasteiger partial charge in [0.25, 0.3) is 0 Å². The van der Waals surface area contributed by atoms with Crippen LogP contribution < -0.4 is 4.74 Å². The van der Waals surface area contributed by atoms with Crippen LogP contribution in [0.25, 0.3) is 0 Å². The van der Waals surface area contributed by atoms with Crippen molar-refractivity contribution in [1.29, 1.82) is 0 Å². The summed E-state index contributed by atoms with van der Waals surface area (Å²) in [7, 11) is 0. The van der Waals surface area contributed by atoms with Gasteiger partial charge in [-0.05, 0) is 31.0 Å². The highest BCUT2D eigenvalue weighted by molar-refractivity contribution is 5.35. The summed E-state index contributed by atoms with van der Waals surface area (Å²) in [5.41, 5.74) is 3.73. The van der Waals surface area contributed by atoms with Crippen LogP contribution in [0.4, 0.5) is 4.39 Å². The molecular formula is C16H17FO2. The van der Waals surface area contributed by atoms with Crippen molar-refractivity contribution in [2.24, 2.45) is 0 Å². The maximum atomic E-state index is 13.7. The molecule has 2 rings (SSSR count). The van der Waals surface area contributed by atoms with Crippen LogP contribution in [-0.2, 0) is 13.2 Å². The molecule has 2 nitrogen and oxygen atoms in total. The number of halogens is 1. The van der Waals surface area contributed by atoms with Gasteiger partial charge in [0.05, 0.1) is 6.61 Å². The Morgan fingerprint density at radius 3 is 2.63 bits per heavy atom. The molecule has 2 aromatic carbocycles. The largest absolute Gasteiger partial charge is 0.485 e. The van der Waals surface area contributed by atoms with Gasteiger partial charge in [0, 0.05) is 5.56 Å². The molecule has 100 valence electrons. The van der Waals surface area contributed by atoms with E-state index in [4.69, 9.17) is 4.74 Å². The van der Waals surface area contributed by atoms with E-state index >= 15 is 0 Å². The molecule has 0 aromatic heterocycles. The molecule has 0 fully saturated rings. The van der Waals surface area contributed by atoms with Gasteiger partial charge in [-0.15, -0.1) is 0 Å². The van der Waals surface area contributed by atoms with E-state index in [0.29, 0.717) is 12.2 Å². The third kappa shape index (κ3) is 3.12. The molecule has 0 aliphatic heterocycles. The molecule has 0 aliphatic carbocycles. The van der Waals surface area contributed by atoms with Crippen LogP contribution in [0.15, 0.2) is 36.4 Å². The maximum absolute atomic E-state index is 13.7. The third-order valence-corrected chi connectivity index (χ3v) is 3.10. The summed E-state index contributed by atoms with van der Waals surface area (Å²) < 4.78 is 19.2. The first-order valence-corrected chi connectivity index (χ1v) is 6.19. The van der Waals surface area contributed by atoms with Gasteiger partial charge in [-0.1, -0.05) is 35.9 Å². The molecular weight excluding hydrogens is 243 g/mol. The van der Waals surface area contributed by atoms with Gasteiger partial charge in [-0.3, -0.25) is 0 Å². The zero-order chi connectivity index (χ0) is 13.8. The Labute approximate surface area is 112 Å². The quantitative estimate of drug-likeness (QED) is 0.911. The zero-order valence-electron chi connectivity index (χ0n) is 11.1. The van der Waals surface area contributed by atoms with Crippen molar-refractivity contribution in [3.05, 3.63) is 64.5 Å². The SMILES string of the molecule is Cc1ccc(C)c(COc2c(F)cccc2CO)c1. The van der Waals surface area contributed by atoms with Crippen molar-refractivity contribution >= 4 is 0 Å². The second-order valence-electron chi connectivity index (χ2n) is 4.60. The second kappa shape index (κ2) is 5.85. The van der Waals surface area contributed by atoms with Crippen molar-refractivity contribution < 1.29 is 14.2 Å². The molecule has 0 saturated carbocycles. The lowest BCUT2D eigenvalue weighted by Crippen LogP contribution is -2.02. The molecule has 3 heteroatoms. The number of hydrogen-bond acceptors (Lipinski definition) is 2. The Kier molecular flexibility index (Phi) is 4.17. The van der Waals surface area contributed by atoms with Crippen molar-refractivity contribution in [3.8, 4) is 5.75 Å². The Morgan fingerprint density at radius 2 is 1.89 bits per heavy atom. The highest BCUT2D eigenvalue weighted by Crippen LogP contribution is 2.24. The topological polar surface area (TPSA) is 29.5 Å². The number of aliphatic hydroxyl groups is 1. The fraction of sp³-hybridized carbons (Fsp3) is 0.250. The van der Waals surface area contributed by atoms with Crippen LogP contribution in [0.2, 0.25) is 0 Å². The first kappa shape index (κ1) is 13.6. The maximum Gasteiger partial charge on any atom is 0.165 e. The lowest BCUT2D eigenvalue weighted by molar-refractivity contribution is 0.251. The molecule has 19 heavy (non-hydrogen) atoms. The van der Waals surface area contributed by atoms with Crippen LogP contribution >= 0.6 is 0 Å². The average molecular weight is 260 g/mol. The van der Waals surface area contributed by atoms with Gasteiger partial charge in [0.2, 0.25) is 0 Å². The van der Waals surface area contributed by atoms with Crippen LogP contribution in [0, 0.1) is 19.7 Å². The molecule has 0 saturated heterocycles. The molecule has 0 bridgehead atoms. The van der Waals surface area contributed by atoms with Gasteiger partial charge in [0.15, 0.2) is 11.6 Å². The first-order valence-electron chi connectivity index (χ1n) is 6.19. The van der Waals surface area contributed by atoms with Gasteiger partial charge in [0.1, 0.15) is 6.61 Å². The monoisotopic (exact) mass is 260 g/mol. The van der Waals surface area contributed by atoms with E-state index < -0.39 is 5.82 Å². The lowest BCUT2D eigenvalue weighted by atomic mass is 10.1. The summed E-state index contributed by atoms with van der Waals surface area (Å²) in [6.07, 6.45) is 0. The van der Waals surface area contributed by atoms with E-state index in [-0.39, 0.29) is 12.4 Å². The van der Waals surface area contributed by atoms with Crippen molar-refractivity contribution in [2.45, 2.75) is 27.1 Å². The number of ether oxygens (including phenoxy) is 1. The minimum absolute atomic E-state index is 0.130. The van der Waals surface area contributed by atoms with E-state index in [9.17, 15) is 9.50 Å². The van der Waals surface area contributed by atoms with Crippen LogP contribution in [0.3, 0.4) is 0 Å². The van der Waals surface area contributed by atoms with E-state index in [1.807, 2.05) is 32.0 Å². The molecule has 1 N–H and O–H groups in total. The van der Waals surface area contributed by atoms with Crippen molar-refractivity contribution in [1.82, 2.24) is 0 Å². The lowest BCUT2D eigenvalue weighted by Gasteiger charge is -2.13. The van der Waals surface area contributed by atoms with E-state index in [1.165, 1.54) is 6.07 Å². The molecule has 0 aliphatic rings. The minimum Gasteiger partial charge on any atom is -0.485 e. The number of aliphatic hydroxyl groups excluding tert-OH is 1. The molecule has 0 heterocycles. The number of hydrogen-bond donors (Lipinski definition) is 1. The Balaban J connectivity index is 2.21. The molecule has 0 atom stereocenters. The minimum atomic E-state index is -0.447. The van der Waals surface area contributed by atoms with Crippen LogP contribution in [0.5, 0.6) is 5.75 Å². The standard InChI is InChI=1S/C16H17FO2/c1-11-6-7-12(2)14(8-11)10-19-16-13(9-18)4-3-5-15(16)17/h3-8,18H,9-10H2,1-2H3. The number of aryl methyl sites for hydroxylation is 2. The summed E-state index contributed by atoms with van der Waals surface area (Å²) >= 11 is 0. The Morgan fingerprint density at radius 1 is 1.11 bits per heavy atom. The summed E-state index contributed by atoms with van der Waals surface area (Å²) in [5, 5.41) is 9.19. The van der Waals surface area contributed by atoms with Crippen LogP contribution in [-0.4, -0.2) is 5.11 Å². The molecule has 0 spiro atoms. The van der Waals surface area contributed by atoms with Crippen molar-refractivity contribution in [3.63, 3.8) is 0 Å². The zero-order valence-corrected chi connectivity index (χ0v) is 11.1. The highest BCUT2D eigenvalue weighted by Gasteiger charge is 2.10. The smallest absolute Gasteiger partial charge is 0.165 e. The highest BCUT2D eigenvalue weighted by atomic mass is 19.1. The van der Waals surface area contributed by atoms with Crippen molar-refractivity contribution in [2.75, 3.05) is 0 Å². The second-order valence-corrected chi connectivity index (χ2v) is 4.60. The van der Waals surface area contributed by atoms with E-state index in [2.05, 4.69) is 0 Å². The fourth-order valence-electron chi connectivity index (χ4n) is 1.95. The molecule has 0 unspecified atom stereocenters. The van der Waals surface area contributed by atoms with Gasteiger partial charge in [-0.2, -0.15) is 0 Å². The number of benzene rings is 2. The molecule has 2 aromatic rings. The summed E-state index contributed by atoms with van der Waals surface area (Å²) in [4.78, 5) is 0. The summed E-state index contributed by atoms with van der Waals surface area (Å²) in [6.45, 7) is 4.05. The van der Waals surface area contributed by atoms with Gasteiger partial charge in [-0.25, -0.2) is 4.39 Å². The fourth-order valence-corrected chi connectivity index (χ4v) is 1.95. The summed E-state index contributed by atoms with van der Waals surface area (Å²) in [5.74, 6) is -0.317. The predicted molar refractivity (Wildman–Crippen MR) is 72.6 cm³/mol. The summed E-state index contributed by atoms with van der Waals surface area (Å²) in [6, 6.07) is 10.6.